The Morgan fingerprint density at radius 1 is 0.971 bits per heavy atom. The minimum atomic E-state index is -1.56. The molecule has 4 rings (SSSR count). The van der Waals surface area contributed by atoms with Crippen LogP contribution < -0.4 is 17.1 Å². The second-order valence-corrected chi connectivity index (χ2v) is 9.38. The van der Waals surface area contributed by atoms with E-state index in [0.717, 1.165) is 0 Å². The van der Waals surface area contributed by atoms with Crippen molar-refractivity contribution < 1.29 is 8.78 Å². The van der Waals surface area contributed by atoms with Gasteiger partial charge in [0.25, 0.3) is 0 Å². The van der Waals surface area contributed by atoms with E-state index in [2.05, 4.69) is 39.7 Å². The zero-order chi connectivity index (χ0) is 24.3. The van der Waals surface area contributed by atoms with Gasteiger partial charge in [0.15, 0.2) is 5.84 Å². The summed E-state index contributed by atoms with van der Waals surface area (Å²) >= 11 is 0. The van der Waals surface area contributed by atoms with Crippen LogP contribution in [0.5, 0.6) is 0 Å². The lowest BCUT2D eigenvalue weighted by Gasteiger charge is -2.50. The topological polar surface area (TPSA) is 79.7 Å². The van der Waals surface area contributed by atoms with Crippen molar-refractivity contribution in [2.75, 3.05) is 13.1 Å². The summed E-state index contributed by atoms with van der Waals surface area (Å²) in [5.74, 6) is 10.0. The van der Waals surface area contributed by atoms with Crippen molar-refractivity contribution in [2.45, 2.75) is 31.5 Å². The SMILES string of the molecule is CC(C)(F)C(c1cc(F)cc(/C(=N/N)NN)c1)C1CN(C(c2ccccc2)c2ccccc2)C1. The summed E-state index contributed by atoms with van der Waals surface area (Å²) in [6, 6.07) is 25.1. The fourth-order valence-electron chi connectivity index (χ4n) is 5.21. The van der Waals surface area contributed by atoms with Gasteiger partial charge in [-0.05, 0) is 54.7 Å². The lowest BCUT2D eigenvalue weighted by atomic mass is 9.72. The number of nitrogens with zero attached hydrogens (tertiary/aromatic N) is 2. The molecule has 0 radical (unpaired) electrons. The monoisotopic (exact) mass is 463 g/mol. The van der Waals surface area contributed by atoms with Gasteiger partial charge < -0.3 is 11.3 Å². The van der Waals surface area contributed by atoms with Gasteiger partial charge in [0, 0.05) is 24.6 Å². The molecular formula is C27H31F2N5. The molecule has 1 fully saturated rings. The van der Waals surface area contributed by atoms with Gasteiger partial charge >= 0.3 is 0 Å². The molecule has 3 aromatic carbocycles. The number of nitrogens with two attached hydrogens (primary N) is 2. The fraction of sp³-hybridized carbons (Fsp3) is 0.296. The van der Waals surface area contributed by atoms with Crippen LogP contribution in [-0.4, -0.2) is 29.5 Å². The number of nitrogens with one attached hydrogen (secondary N) is 1. The van der Waals surface area contributed by atoms with E-state index in [4.69, 9.17) is 11.7 Å². The molecule has 34 heavy (non-hydrogen) atoms. The molecule has 0 spiro atoms. The number of likely N-dealkylation sites (tertiary alicyclic amines) is 1. The second-order valence-electron chi connectivity index (χ2n) is 9.38. The zero-order valence-electron chi connectivity index (χ0n) is 19.5. The highest BCUT2D eigenvalue weighted by molar-refractivity contribution is 5.98. The first-order chi connectivity index (χ1) is 16.3. The van der Waals surface area contributed by atoms with Gasteiger partial charge in [0.2, 0.25) is 0 Å². The quantitative estimate of drug-likeness (QED) is 0.209. The van der Waals surface area contributed by atoms with E-state index in [1.54, 1.807) is 19.9 Å². The minimum Gasteiger partial charge on any atom is -0.321 e. The molecular weight excluding hydrogens is 432 g/mol. The number of halogens is 2. The molecule has 178 valence electrons. The third-order valence-corrected chi connectivity index (χ3v) is 6.56. The molecule has 0 aliphatic carbocycles. The van der Waals surface area contributed by atoms with E-state index in [1.165, 1.54) is 23.3 Å². The van der Waals surface area contributed by atoms with Crippen LogP contribution in [-0.2, 0) is 0 Å². The Hall–Kier alpha value is -3.29. The van der Waals surface area contributed by atoms with Crippen LogP contribution >= 0.6 is 0 Å². The number of amidine groups is 1. The van der Waals surface area contributed by atoms with Gasteiger partial charge in [-0.1, -0.05) is 60.7 Å². The Morgan fingerprint density at radius 2 is 1.53 bits per heavy atom. The Balaban J connectivity index is 1.64. The van der Waals surface area contributed by atoms with Crippen molar-refractivity contribution in [3.05, 3.63) is 107 Å². The molecule has 1 saturated heterocycles. The molecule has 5 nitrogen and oxygen atoms in total. The number of alkyl halides is 1. The van der Waals surface area contributed by atoms with Crippen molar-refractivity contribution >= 4 is 5.84 Å². The fourth-order valence-corrected chi connectivity index (χ4v) is 5.21. The van der Waals surface area contributed by atoms with Crippen molar-refractivity contribution in [1.29, 1.82) is 0 Å². The molecule has 0 amide bonds. The molecule has 1 unspecified atom stereocenters. The lowest BCUT2D eigenvalue weighted by molar-refractivity contribution is 0.00813. The number of hydrazine groups is 1. The first-order valence-corrected chi connectivity index (χ1v) is 11.4. The molecule has 0 aromatic heterocycles. The Morgan fingerprint density at radius 3 is 2.00 bits per heavy atom. The maximum Gasteiger partial charge on any atom is 0.166 e. The molecule has 0 saturated carbocycles. The van der Waals surface area contributed by atoms with Gasteiger partial charge in [-0.2, -0.15) is 5.10 Å². The summed E-state index contributed by atoms with van der Waals surface area (Å²) in [5.41, 5.74) is 4.14. The maximum atomic E-state index is 15.6. The molecule has 1 heterocycles. The van der Waals surface area contributed by atoms with Gasteiger partial charge in [0.1, 0.15) is 11.5 Å². The smallest absolute Gasteiger partial charge is 0.166 e. The Bertz CT molecular complexity index is 1080. The van der Waals surface area contributed by atoms with Gasteiger partial charge in [0.05, 0.1) is 6.04 Å². The van der Waals surface area contributed by atoms with Crippen molar-refractivity contribution in [3.8, 4) is 0 Å². The molecule has 3 aromatic rings. The average Bonchev–Trinajstić information content (AvgIpc) is 2.78. The van der Waals surface area contributed by atoms with E-state index in [-0.39, 0.29) is 17.8 Å². The highest BCUT2D eigenvalue weighted by atomic mass is 19.1. The standard InChI is InChI=1S/C27H31F2N5/c1-27(2,29)24(20-13-21(15-23(28)14-20)26(32-30)33-31)22-16-34(17-22)25(18-9-5-3-6-10-18)19-11-7-4-8-12-19/h3-15,22,24-25H,16-17,30-31H2,1-2H3,(H,32,33). The first kappa shape index (κ1) is 23.9. The molecule has 5 N–H and O–H groups in total. The Labute approximate surface area is 199 Å². The van der Waals surface area contributed by atoms with E-state index in [9.17, 15) is 4.39 Å². The number of benzene rings is 3. The summed E-state index contributed by atoms with van der Waals surface area (Å²) in [4.78, 5) is 2.35. The normalized spacial score (nSPS) is 16.4. The van der Waals surface area contributed by atoms with Crippen molar-refractivity contribution in [3.63, 3.8) is 0 Å². The van der Waals surface area contributed by atoms with Crippen LogP contribution in [0.15, 0.2) is 84.0 Å². The number of rotatable bonds is 7. The number of hydrazone groups is 1. The van der Waals surface area contributed by atoms with Crippen LogP contribution in [0.2, 0.25) is 0 Å². The number of hydrogen-bond donors (Lipinski definition) is 3. The van der Waals surface area contributed by atoms with Crippen LogP contribution in [0.25, 0.3) is 0 Å². The maximum absolute atomic E-state index is 15.6. The van der Waals surface area contributed by atoms with E-state index in [0.29, 0.717) is 24.2 Å². The molecule has 7 heteroatoms. The Kier molecular flexibility index (Phi) is 6.95. The minimum absolute atomic E-state index is 0.00803. The summed E-state index contributed by atoms with van der Waals surface area (Å²) in [7, 11) is 0. The van der Waals surface area contributed by atoms with Crippen LogP contribution in [0, 0.1) is 11.7 Å². The van der Waals surface area contributed by atoms with Gasteiger partial charge in [-0.3, -0.25) is 4.90 Å². The molecule has 1 aliphatic heterocycles. The van der Waals surface area contributed by atoms with E-state index in [1.807, 2.05) is 36.4 Å². The average molecular weight is 464 g/mol. The predicted molar refractivity (Wildman–Crippen MR) is 132 cm³/mol. The van der Waals surface area contributed by atoms with Gasteiger partial charge in [-0.25, -0.2) is 14.6 Å². The van der Waals surface area contributed by atoms with E-state index < -0.39 is 17.4 Å². The highest BCUT2D eigenvalue weighted by Gasteiger charge is 2.45. The van der Waals surface area contributed by atoms with Crippen molar-refractivity contribution in [1.82, 2.24) is 10.3 Å². The largest absolute Gasteiger partial charge is 0.321 e. The van der Waals surface area contributed by atoms with Crippen molar-refractivity contribution in [2.24, 2.45) is 22.7 Å². The molecule has 1 atom stereocenters. The zero-order valence-corrected chi connectivity index (χ0v) is 19.5. The summed E-state index contributed by atoms with van der Waals surface area (Å²) in [6.45, 7) is 4.47. The third-order valence-electron chi connectivity index (χ3n) is 6.56. The molecule has 1 aliphatic rings. The predicted octanol–water partition coefficient (Wildman–Crippen LogP) is 4.46. The first-order valence-electron chi connectivity index (χ1n) is 11.4. The summed E-state index contributed by atoms with van der Waals surface area (Å²) in [5, 5.41) is 3.57. The second kappa shape index (κ2) is 9.91. The van der Waals surface area contributed by atoms with Crippen LogP contribution in [0.1, 0.15) is 48.1 Å². The highest BCUT2D eigenvalue weighted by Crippen LogP contribution is 2.45. The van der Waals surface area contributed by atoms with Gasteiger partial charge in [-0.15, -0.1) is 0 Å². The number of hydrogen-bond acceptors (Lipinski definition) is 4. The lowest BCUT2D eigenvalue weighted by Crippen LogP contribution is -2.53. The summed E-state index contributed by atoms with van der Waals surface area (Å²) in [6.07, 6.45) is 0. The van der Waals surface area contributed by atoms with Crippen LogP contribution in [0.4, 0.5) is 8.78 Å². The van der Waals surface area contributed by atoms with E-state index >= 15 is 4.39 Å². The summed E-state index contributed by atoms with van der Waals surface area (Å²) < 4.78 is 30.1. The third kappa shape index (κ3) is 4.95. The molecule has 0 bridgehead atoms. The van der Waals surface area contributed by atoms with Crippen LogP contribution in [0.3, 0.4) is 0 Å².